The van der Waals surface area contributed by atoms with Gasteiger partial charge in [-0.25, -0.2) is 0 Å². The predicted octanol–water partition coefficient (Wildman–Crippen LogP) is 3.58. The molecular weight excluding hydrogens is 304 g/mol. The van der Waals surface area contributed by atoms with Crippen LogP contribution in [-0.4, -0.2) is 27.6 Å². The van der Waals surface area contributed by atoms with E-state index in [9.17, 15) is 19.8 Å². The van der Waals surface area contributed by atoms with Gasteiger partial charge in [-0.05, 0) is 61.5 Å². The van der Waals surface area contributed by atoms with Crippen molar-refractivity contribution in [3.8, 4) is 0 Å². The van der Waals surface area contributed by atoms with Gasteiger partial charge in [0.25, 0.3) is 0 Å². The Labute approximate surface area is 144 Å². The Morgan fingerprint density at radius 2 is 1.88 bits per heavy atom. The summed E-state index contributed by atoms with van der Waals surface area (Å²) in [5.74, 6) is -0.641. The number of aliphatic hydroxyl groups is 1. The average molecular weight is 334 g/mol. The number of rotatable bonds is 2. The van der Waals surface area contributed by atoms with E-state index >= 15 is 0 Å². The number of allylic oxidation sites excluding steroid dienone is 1. The summed E-state index contributed by atoms with van der Waals surface area (Å²) in [5, 5.41) is 21.2. The molecule has 4 nitrogen and oxygen atoms in total. The van der Waals surface area contributed by atoms with Gasteiger partial charge in [0.2, 0.25) is 0 Å². The summed E-state index contributed by atoms with van der Waals surface area (Å²) in [6, 6.07) is 0. The number of hydrogen-bond donors (Lipinski definition) is 2. The summed E-state index contributed by atoms with van der Waals surface area (Å²) in [5.41, 5.74) is -1.27. The Kier molecular flexibility index (Phi) is 3.99. The molecule has 5 atom stereocenters. The van der Waals surface area contributed by atoms with E-state index in [1.807, 2.05) is 26.8 Å². The van der Waals surface area contributed by atoms with Gasteiger partial charge in [0.05, 0.1) is 11.0 Å². The van der Waals surface area contributed by atoms with Crippen molar-refractivity contribution in [1.82, 2.24) is 0 Å². The van der Waals surface area contributed by atoms with Gasteiger partial charge in [-0.3, -0.25) is 9.59 Å². The number of carbonyl (C=O) groups is 2. The van der Waals surface area contributed by atoms with Crippen molar-refractivity contribution in [1.29, 1.82) is 0 Å². The monoisotopic (exact) mass is 334 g/mol. The van der Waals surface area contributed by atoms with E-state index in [1.165, 1.54) is 0 Å². The van der Waals surface area contributed by atoms with Gasteiger partial charge in [-0.2, -0.15) is 0 Å². The first-order valence-electron chi connectivity index (χ1n) is 9.26. The fourth-order valence-electron chi connectivity index (χ4n) is 6.08. The van der Waals surface area contributed by atoms with Gasteiger partial charge in [0, 0.05) is 12.3 Å². The summed E-state index contributed by atoms with van der Waals surface area (Å²) in [4.78, 5) is 24.6. The fraction of sp³-hybridized carbons (Fsp3) is 0.800. The first-order chi connectivity index (χ1) is 11.0. The molecule has 0 unspecified atom stereocenters. The SMILES string of the molecule is CC(C)C1=C[C@@]2(O)CC[C@@H]3[C@](C)(CCC[C@]3(C)C(=O)O)[C@H]2CC1=O. The zero-order chi connectivity index (χ0) is 17.9. The van der Waals surface area contributed by atoms with Crippen LogP contribution in [0.5, 0.6) is 0 Å². The Bertz CT molecular complexity index is 607. The molecule has 0 spiro atoms. The minimum absolute atomic E-state index is 0.0170. The zero-order valence-electron chi connectivity index (χ0n) is 15.3. The Hall–Kier alpha value is -1.16. The van der Waals surface area contributed by atoms with Gasteiger partial charge in [0.15, 0.2) is 5.78 Å². The summed E-state index contributed by atoms with van der Waals surface area (Å²) in [7, 11) is 0. The van der Waals surface area contributed by atoms with Crippen LogP contribution >= 0.6 is 0 Å². The van der Waals surface area contributed by atoms with Crippen LogP contribution < -0.4 is 0 Å². The third kappa shape index (κ3) is 2.29. The lowest BCUT2D eigenvalue weighted by Gasteiger charge is -2.61. The molecular formula is C20H30O4. The van der Waals surface area contributed by atoms with Crippen LogP contribution in [0.1, 0.15) is 66.2 Å². The lowest BCUT2D eigenvalue weighted by molar-refractivity contribution is -0.186. The van der Waals surface area contributed by atoms with Gasteiger partial charge in [-0.1, -0.05) is 27.2 Å². The highest BCUT2D eigenvalue weighted by Crippen LogP contribution is 2.64. The van der Waals surface area contributed by atoms with E-state index in [1.54, 1.807) is 0 Å². The minimum atomic E-state index is -0.963. The van der Waals surface area contributed by atoms with Crippen molar-refractivity contribution in [2.24, 2.45) is 28.6 Å². The van der Waals surface area contributed by atoms with Crippen LogP contribution in [0, 0.1) is 28.6 Å². The van der Waals surface area contributed by atoms with Crippen LogP contribution in [0.25, 0.3) is 0 Å². The van der Waals surface area contributed by atoms with Crippen molar-refractivity contribution in [2.75, 3.05) is 0 Å². The van der Waals surface area contributed by atoms with Gasteiger partial charge in [-0.15, -0.1) is 0 Å². The first-order valence-corrected chi connectivity index (χ1v) is 9.26. The fourth-order valence-corrected chi connectivity index (χ4v) is 6.08. The van der Waals surface area contributed by atoms with E-state index < -0.39 is 17.0 Å². The largest absolute Gasteiger partial charge is 0.481 e. The summed E-state index contributed by atoms with van der Waals surface area (Å²) >= 11 is 0. The van der Waals surface area contributed by atoms with Crippen LogP contribution in [0.2, 0.25) is 0 Å². The van der Waals surface area contributed by atoms with Crippen molar-refractivity contribution in [3.05, 3.63) is 11.6 Å². The maximum Gasteiger partial charge on any atom is 0.309 e. The number of carboxylic acid groups (broad SMARTS) is 1. The molecule has 3 aliphatic carbocycles. The number of Topliss-reactive ketones (excluding diaryl/α,β-unsaturated/α-hetero) is 1. The van der Waals surface area contributed by atoms with Crippen molar-refractivity contribution < 1.29 is 19.8 Å². The smallest absolute Gasteiger partial charge is 0.309 e. The number of fused-ring (bicyclic) bond motifs is 3. The highest BCUT2D eigenvalue weighted by molar-refractivity contribution is 5.97. The molecule has 3 aliphatic rings. The molecule has 0 amide bonds. The van der Waals surface area contributed by atoms with Crippen LogP contribution in [-0.2, 0) is 9.59 Å². The molecule has 0 aromatic rings. The van der Waals surface area contributed by atoms with Crippen molar-refractivity contribution in [3.63, 3.8) is 0 Å². The van der Waals surface area contributed by atoms with Gasteiger partial charge >= 0.3 is 5.97 Å². The lowest BCUT2D eigenvalue weighted by Crippen LogP contribution is -2.61. The number of carbonyl (C=O) groups excluding carboxylic acids is 1. The lowest BCUT2D eigenvalue weighted by atomic mass is 9.43. The molecule has 24 heavy (non-hydrogen) atoms. The molecule has 2 saturated carbocycles. The van der Waals surface area contributed by atoms with E-state index in [4.69, 9.17) is 0 Å². The number of aliphatic carboxylic acids is 1. The standard InChI is InChI=1S/C20H30O4/c1-12(2)13-11-20(24)9-6-15-18(3,16(20)10-14(13)21)7-5-8-19(15,4)17(22)23/h11-12,15-16,24H,5-10H2,1-4H3,(H,22,23)/t15-,16-,18+,19+,20+/m1/s1. The van der Waals surface area contributed by atoms with Crippen LogP contribution in [0.3, 0.4) is 0 Å². The Balaban J connectivity index is 2.05. The maximum absolute atomic E-state index is 12.6. The van der Waals surface area contributed by atoms with Crippen molar-refractivity contribution in [2.45, 2.75) is 71.8 Å². The molecule has 0 saturated heterocycles. The van der Waals surface area contributed by atoms with Crippen LogP contribution in [0.4, 0.5) is 0 Å². The van der Waals surface area contributed by atoms with Crippen LogP contribution in [0.15, 0.2) is 11.6 Å². The van der Waals surface area contributed by atoms with E-state index in [-0.39, 0.29) is 29.0 Å². The summed E-state index contributed by atoms with van der Waals surface area (Å²) in [6.45, 7) is 7.96. The Morgan fingerprint density at radius 1 is 1.21 bits per heavy atom. The molecule has 0 aliphatic heterocycles. The molecule has 2 N–H and O–H groups in total. The normalized spacial score (nSPS) is 45.4. The third-order valence-corrected chi connectivity index (χ3v) is 7.44. The quantitative estimate of drug-likeness (QED) is 0.809. The molecule has 0 aromatic carbocycles. The topological polar surface area (TPSA) is 74.6 Å². The number of ketones is 1. The molecule has 0 heterocycles. The summed E-state index contributed by atoms with van der Waals surface area (Å²) in [6.07, 6.45) is 5.87. The third-order valence-electron chi connectivity index (χ3n) is 7.44. The molecule has 3 rings (SSSR count). The van der Waals surface area contributed by atoms with Gasteiger partial charge in [0.1, 0.15) is 0 Å². The highest BCUT2D eigenvalue weighted by atomic mass is 16.4. The summed E-state index contributed by atoms with van der Waals surface area (Å²) < 4.78 is 0. The molecule has 0 aromatic heterocycles. The second kappa shape index (κ2) is 5.42. The molecule has 0 bridgehead atoms. The highest BCUT2D eigenvalue weighted by Gasteiger charge is 2.63. The van der Waals surface area contributed by atoms with E-state index in [2.05, 4.69) is 6.92 Å². The van der Waals surface area contributed by atoms with E-state index in [0.717, 1.165) is 18.4 Å². The number of carboxylic acids is 1. The second-order valence-electron chi connectivity index (χ2n) is 9.10. The average Bonchev–Trinajstić information content (AvgIpc) is 2.47. The molecule has 4 heteroatoms. The Morgan fingerprint density at radius 3 is 2.46 bits per heavy atom. The molecule has 0 radical (unpaired) electrons. The first kappa shape index (κ1) is 17.7. The molecule has 134 valence electrons. The predicted molar refractivity (Wildman–Crippen MR) is 91.4 cm³/mol. The maximum atomic E-state index is 12.6. The van der Waals surface area contributed by atoms with Gasteiger partial charge < -0.3 is 10.2 Å². The zero-order valence-corrected chi connectivity index (χ0v) is 15.3. The minimum Gasteiger partial charge on any atom is -0.481 e. The second-order valence-corrected chi connectivity index (χ2v) is 9.10. The molecule has 2 fully saturated rings. The number of hydrogen-bond acceptors (Lipinski definition) is 3. The van der Waals surface area contributed by atoms with E-state index in [0.29, 0.717) is 25.7 Å². The van der Waals surface area contributed by atoms with Crippen molar-refractivity contribution >= 4 is 11.8 Å².